The van der Waals surface area contributed by atoms with E-state index in [0.29, 0.717) is 19.6 Å². The predicted molar refractivity (Wildman–Crippen MR) is 73.7 cm³/mol. The molecule has 0 aromatic heterocycles. The van der Waals surface area contributed by atoms with E-state index in [9.17, 15) is 9.59 Å². The van der Waals surface area contributed by atoms with Crippen LogP contribution in [0.4, 0.5) is 9.59 Å². The molecule has 2 amide bonds. The summed E-state index contributed by atoms with van der Waals surface area (Å²) >= 11 is 3.33. The van der Waals surface area contributed by atoms with Crippen molar-refractivity contribution in [3.05, 3.63) is 34.3 Å². The van der Waals surface area contributed by atoms with Gasteiger partial charge in [0, 0.05) is 24.1 Å². The van der Waals surface area contributed by atoms with Gasteiger partial charge in [0.05, 0.1) is 0 Å². The number of halogens is 1. The van der Waals surface area contributed by atoms with Crippen LogP contribution in [0.1, 0.15) is 18.4 Å². The van der Waals surface area contributed by atoms with Crippen LogP contribution in [0.2, 0.25) is 0 Å². The number of ether oxygens (including phenoxy) is 1. The zero-order valence-electron chi connectivity index (χ0n) is 10.4. The molecule has 102 valence electrons. The average Bonchev–Trinajstić information content (AvgIpc) is 2.92. The van der Waals surface area contributed by atoms with E-state index in [-0.39, 0.29) is 0 Å². The first-order valence-corrected chi connectivity index (χ1v) is 6.93. The van der Waals surface area contributed by atoms with E-state index < -0.39 is 12.2 Å². The number of alkyl carbamates (subject to hydrolysis) is 1. The second-order valence-corrected chi connectivity index (χ2v) is 5.25. The molecule has 0 unspecified atom stereocenters. The standard InChI is InChI=1S/C13H15BrN2O3/c14-11-5-3-10(4-6-11)9-15-12(17)19-13(18)16-7-1-2-8-16/h3-6H,1-2,7-9H2,(H,15,17). The summed E-state index contributed by atoms with van der Waals surface area (Å²) in [6, 6.07) is 7.54. The molecule has 1 aromatic rings. The van der Waals surface area contributed by atoms with Gasteiger partial charge in [-0.3, -0.25) is 0 Å². The lowest BCUT2D eigenvalue weighted by molar-refractivity contribution is 0.124. The highest BCUT2D eigenvalue weighted by Gasteiger charge is 2.21. The van der Waals surface area contributed by atoms with Gasteiger partial charge in [0.15, 0.2) is 0 Å². The van der Waals surface area contributed by atoms with Gasteiger partial charge in [-0.25, -0.2) is 9.59 Å². The summed E-state index contributed by atoms with van der Waals surface area (Å²) in [6.45, 7) is 1.66. The minimum absolute atomic E-state index is 0.333. The largest absolute Gasteiger partial charge is 0.418 e. The lowest BCUT2D eigenvalue weighted by Crippen LogP contribution is -2.34. The Balaban J connectivity index is 1.75. The van der Waals surface area contributed by atoms with Gasteiger partial charge in [0.1, 0.15) is 0 Å². The molecule has 0 radical (unpaired) electrons. The fourth-order valence-corrected chi connectivity index (χ4v) is 2.12. The highest BCUT2D eigenvalue weighted by Crippen LogP contribution is 2.11. The Morgan fingerprint density at radius 1 is 1.21 bits per heavy atom. The highest BCUT2D eigenvalue weighted by molar-refractivity contribution is 9.10. The molecule has 0 bridgehead atoms. The van der Waals surface area contributed by atoms with Gasteiger partial charge in [-0.15, -0.1) is 0 Å². The Morgan fingerprint density at radius 2 is 1.84 bits per heavy atom. The topological polar surface area (TPSA) is 58.6 Å². The zero-order valence-corrected chi connectivity index (χ0v) is 12.0. The maximum absolute atomic E-state index is 11.5. The molecular formula is C13H15BrN2O3. The van der Waals surface area contributed by atoms with Gasteiger partial charge in [-0.1, -0.05) is 28.1 Å². The molecule has 2 rings (SSSR count). The summed E-state index contributed by atoms with van der Waals surface area (Å²) in [5.74, 6) is 0. The summed E-state index contributed by atoms with van der Waals surface area (Å²) in [7, 11) is 0. The molecule has 1 aliphatic rings. The second-order valence-electron chi connectivity index (χ2n) is 4.33. The monoisotopic (exact) mass is 326 g/mol. The molecule has 19 heavy (non-hydrogen) atoms. The summed E-state index contributed by atoms with van der Waals surface area (Å²) in [6.07, 6.45) is 0.663. The summed E-state index contributed by atoms with van der Waals surface area (Å²) in [4.78, 5) is 24.5. The molecule has 6 heteroatoms. The number of nitrogens with zero attached hydrogens (tertiary/aromatic N) is 1. The SMILES string of the molecule is O=C(NCc1ccc(Br)cc1)OC(=O)N1CCCC1. The van der Waals surface area contributed by atoms with Gasteiger partial charge < -0.3 is 15.0 Å². The number of carbonyl (C=O) groups excluding carboxylic acids is 2. The molecule has 1 aromatic carbocycles. The molecule has 5 nitrogen and oxygen atoms in total. The molecule has 0 saturated carbocycles. The molecule has 1 fully saturated rings. The van der Waals surface area contributed by atoms with Crippen molar-refractivity contribution >= 4 is 28.1 Å². The van der Waals surface area contributed by atoms with E-state index in [1.165, 1.54) is 0 Å². The van der Waals surface area contributed by atoms with E-state index in [1.807, 2.05) is 24.3 Å². The molecule has 1 saturated heterocycles. The van der Waals surface area contributed by atoms with Crippen LogP contribution in [0.5, 0.6) is 0 Å². The third-order valence-corrected chi connectivity index (χ3v) is 3.42. The normalized spacial score (nSPS) is 14.3. The number of likely N-dealkylation sites (tertiary alicyclic amines) is 1. The third-order valence-electron chi connectivity index (χ3n) is 2.89. The highest BCUT2D eigenvalue weighted by atomic mass is 79.9. The maximum atomic E-state index is 11.5. The van der Waals surface area contributed by atoms with Crippen molar-refractivity contribution in [1.29, 1.82) is 0 Å². The van der Waals surface area contributed by atoms with E-state index in [1.54, 1.807) is 4.90 Å². The van der Waals surface area contributed by atoms with Crippen LogP contribution in [0.15, 0.2) is 28.7 Å². The van der Waals surface area contributed by atoms with Crippen LogP contribution in [-0.2, 0) is 11.3 Å². The fraction of sp³-hybridized carbons (Fsp3) is 0.385. The van der Waals surface area contributed by atoms with E-state index >= 15 is 0 Å². The number of hydrogen-bond acceptors (Lipinski definition) is 3. The quantitative estimate of drug-likeness (QED) is 0.850. The van der Waals surface area contributed by atoms with Crippen molar-refractivity contribution in [2.75, 3.05) is 13.1 Å². The molecule has 0 spiro atoms. The third kappa shape index (κ3) is 4.24. The van der Waals surface area contributed by atoms with Crippen molar-refractivity contribution in [1.82, 2.24) is 10.2 Å². The number of hydrogen-bond donors (Lipinski definition) is 1. The van der Waals surface area contributed by atoms with Gasteiger partial charge in [0.2, 0.25) is 0 Å². The Bertz CT molecular complexity index is 455. The van der Waals surface area contributed by atoms with Gasteiger partial charge in [-0.05, 0) is 30.5 Å². The number of carbonyl (C=O) groups is 2. The lowest BCUT2D eigenvalue weighted by atomic mass is 10.2. The summed E-state index contributed by atoms with van der Waals surface area (Å²) in [5.41, 5.74) is 0.939. The Morgan fingerprint density at radius 3 is 2.47 bits per heavy atom. The smallest absolute Gasteiger partial charge is 0.359 e. The minimum atomic E-state index is -0.709. The van der Waals surface area contributed by atoms with Crippen molar-refractivity contribution in [3.63, 3.8) is 0 Å². The molecule has 0 aliphatic carbocycles. The van der Waals surface area contributed by atoms with E-state index in [4.69, 9.17) is 4.74 Å². The zero-order chi connectivity index (χ0) is 13.7. The van der Waals surface area contributed by atoms with Crippen LogP contribution < -0.4 is 5.32 Å². The van der Waals surface area contributed by atoms with Gasteiger partial charge in [0.25, 0.3) is 0 Å². The first kappa shape index (κ1) is 13.9. The summed E-state index contributed by atoms with van der Waals surface area (Å²) in [5, 5.41) is 2.55. The van der Waals surface area contributed by atoms with Gasteiger partial charge in [-0.2, -0.15) is 0 Å². The van der Waals surface area contributed by atoms with Crippen LogP contribution in [0, 0.1) is 0 Å². The van der Waals surface area contributed by atoms with Crippen molar-refractivity contribution < 1.29 is 14.3 Å². The molecule has 0 atom stereocenters. The number of amides is 2. The van der Waals surface area contributed by atoms with E-state index in [2.05, 4.69) is 21.2 Å². The lowest BCUT2D eigenvalue weighted by Gasteiger charge is -2.14. The Labute approximate surface area is 120 Å². The minimum Gasteiger partial charge on any atom is -0.359 e. The van der Waals surface area contributed by atoms with E-state index in [0.717, 1.165) is 22.9 Å². The van der Waals surface area contributed by atoms with Crippen LogP contribution in [0.3, 0.4) is 0 Å². The molecule has 1 aliphatic heterocycles. The van der Waals surface area contributed by atoms with Crippen LogP contribution >= 0.6 is 15.9 Å². The number of benzene rings is 1. The number of rotatable bonds is 2. The van der Waals surface area contributed by atoms with Crippen molar-refractivity contribution in [2.45, 2.75) is 19.4 Å². The van der Waals surface area contributed by atoms with Crippen LogP contribution in [0.25, 0.3) is 0 Å². The Hall–Kier alpha value is -1.56. The number of nitrogens with one attached hydrogen (secondary N) is 1. The summed E-state index contributed by atoms with van der Waals surface area (Å²) < 4.78 is 5.68. The first-order chi connectivity index (χ1) is 9.15. The predicted octanol–water partition coefficient (Wildman–Crippen LogP) is 2.89. The van der Waals surface area contributed by atoms with Crippen LogP contribution in [-0.4, -0.2) is 30.2 Å². The van der Waals surface area contributed by atoms with Crippen molar-refractivity contribution in [3.8, 4) is 0 Å². The van der Waals surface area contributed by atoms with Crippen molar-refractivity contribution in [2.24, 2.45) is 0 Å². The molecular weight excluding hydrogens is 312 g/mol. The second kappa shape index (κ2) is 6.56. The first-order valence-electron chi connectivity index (χ1n) is 6.14. The Kier molecular flexibility index (Phi) is 4.79. The average molecular weight is 327 g/mol. The molecule has 1 heterocycles. The fourth-order valence-electron chi connectivity index (χ4n) is 1.86. The maximum Gasteiger partial charge on any atom is 0.418 e. The molecule has 1 N–H and O–H groups in total. The van der Waals surface area contributed by atoms with Gasteiger partial charge >= 0.3 is 12.2 Å².